The summed E-state index contributed by atoms with van der Waals surface area (Å²) in [6.45, 7) is 3.91. The van der Waals surface area contributed by atoms with Gasteiger partial charge in [-0.05, 0) is 55.1 Å². The molecule has 0 amide bonds. The van der Waals surface area contributed by atoms with E-state index >= 15 is 0 Å². The SMILES string of the molecule is Fc1ccc(-c2cn(C3CN4CCC3CC4)nc2OCc2ccccc2)cc1. The number of rotatable bonds is 5. The minimum absolute atomic E-state index is 0.236. The smallest absolute Gasteiger partial charge is 0.241 e. The number of piperidine rings is 3. The molecule has 1 aromatic heterocycles. The molecule has 5 heteroatoms. The number of aromatic nitrogens is 2. The molecule has 0 saturated carbocycles. The van der Waals surface area contributed by atoms with Crippen LogP contribution in [0.5, 0.6) is 5.88 Å². The summed E-state index contributed by atoms with van der Waals surface area (Å²) >= 11 is 0. The number of hydrogen-bond donors (Lipinski definition) is 0. The summed E-state index contributed by atoms with van der Waals surface area (Å²) in [4.78, 5) is 2.52. The molecule has 3 aliphatic heterocycles. The van der Waals surface area contributed by atoms with Gasteiger partial charge in [0.15, 0.2) is 0 Å². The highest BCUT2D eigenvalue weighted by Gasteiger charge is 2.36. The molecule has 3 aromatic rings. The fraction of sp³-hybridized carbons (Fsp3) is 0.348. The molecule has 3 saturated heterocycles. The van der Waals surface area contributed by atoms with Gasteiger partial charge in [-0.25, -0.2) is 4.39 Å². The molecule has 1 atom stereocenters. The first-order valence-electron chi connectivity index (χ1n) is 10.0. The largest absolute Gasteiger partial charge is 0.471 e. The summed E-state index contributed by atoms with van der Waals surface area (Å²) in [5, 5.41) is 4.84. The zero-order valence-corrected chi connectivity index (χ0v) is 15.8. The number of halogens is 1. The highest BCUT2D eigenvalue weighted by molar-refractivity contribution is 5.68. The van der Waals surface area contributed by atoms with E-state index in [9.17, 15) is 4.39 Å². The summed E-state index contributed by atoms with van der Waals surface area (Å²) in [5.41, 5.74) is 2.95. The summed E-state index contributed by atoms with van der Waals surface area (Å²) in [7, 11) is 0. The number of hydrogen-bond acceptors (Lipinski definition) is 3. The average Bonchev–Trinajstić information content (AvgIpc) is 3.18. The zero-order valence-electron chi connectivity index (χ0n) is 15.8. The van der Waals surface area contributed by atoms with Gasteiger partial charge < -0.3 is 9.64 Å². The molecule has 3 aliphatic rings. The first-order valence-corrected chi connectivity index (χ1v) is 10.0. The van der Waals surface area contributed by atoms with Crippen molar-refractivity contribution in [3.05, 3.63) is 72.2 Å². The van der Waals surface area contributed by atoms with Crippen LogP contribution in [0.3, 0.4) is 0 Å². The van der Waals surface area contributed by atoms with Gasteiger partial charge in [-0.15, -0.1) is 5.10 Å². The van der Waals surface area contributed by atoms with Crippen LogP contribution in [0, 0.1) is 11.7 Å². The number of ether oxygens (including phenoxy) is 1. The van der Waals surface area contributed by atoms with Gasteiger partial charge in [-0.1, -0.05) is 42.5 Å². The van der Waals surface area contributed by atoms with Gasteiger partial charge in [0.25, 0.3) is 0 Å². The Hall–Kier alpha value is -2.66. The molecule has 2 bridgehead atoms. The van der Waals surface area contributed by atoms with E-state index in [1.807, 2.05) is 30.3 Å². The molecule has 4 nitrogen and oxygen atoms in total. The molecule has 4 heterocycles. The molecule has 0 radical (unpaired) electrons. The minimum atomic E-state index is -0.236. The van der Waals surface area contributed by atoms with Crippen LogP contribution in [-0.4, -0.2) is 34.3 Å². The van der Waals surface area contributed by atoms with Crippen LogP contribution in [0.1, 0.15) is 24.4 Å². The van der Waals surface area contributed by atoms with Gasteiger partial charge in [-0.3, -0.25) is 4.68 Å². The standard InChI is InChI=1S/C23H24FN3O/c24-20-8-6-18(7-9-20)21-14-27(22-15-26-12-10-19(22)11-13-26)25-23(21)28-16-17-4-2-1-3-5-17/h1-9,14,19,22H,10-13,15-16H2. The van der Waals surface area contributed by atoms with Crippen molar-refractivity contribution in [2.45, 2.75) is 25.5 Å². The van der Waals surface area contributed by atoms with Crippen LogP contribution in [0.2, 0.25) is 0 Å². The van der Waals surface area contributed by atoms with Crippen molar-refractivity contribution in [3.63, 3.8) is 0 Å². The molecule has 0 spiro atoms. The number of fused-ring (bicyclic) bond motifs is 3. The Morgan fingerprint density at radius 2 is 1.75 bits per heavy atom. The van der Waals surface area contributed by atoms with E-state index in [0.717, 1.165) is 23.2 Å². The third-order valence-corrected chi connectivity index (χ3v) is 6.03. The Bertz CT molecular complexity index is 930. The van der Waals surface area contributed by atoms with Gasteiger partial charge in [-0.2, -0.15) is 0 Å². The topological polar surface area (TPSA) is 30.3 Å². The van der Waals surface area contributed by atoms with E-state index in [0.29, 0.717) is 24.4 Å². The second-order valence-electron chi connectivity index (χ2n) is 7.81. The van der Waals surface area contributed by atoms with Crippen LogP contribution < -0.4 is 4.74 Å². The maximum Gasteiger partial charge on any atom is 0.241 e. The molecule has 28 heavy (non-hydrogen) atoms. The molecule has 3 fully saturated rings. The first-order chi connectivity index (χ1) is 13.8. The molecular formula is C23H24FN3O. The maximum atomic E-state index is 13.4. The van der Waals surface area contributed by atoms with E-state index in [2.05, 4.69) is 15.8 Å². The summed E-state index contributed by atoms with van der Waals surface area (Å²) in [6.07, 6.45) is 4.55. The van der Waals surface area contributed by atoms with Crippen LogP contribution in [0.15, 0.2) is 60.8 Å². The lowest BCUT2D eigenvalue weighted by Crippen LogP contribution is -2.48. The third-order valence-electron chi connectivity index (χ3n) is 6.03. The molecule has 2 aromatic carbocycles. The van der Waals surface area contributed by atoms with Crippen molar-refractivity contribution >= 4 is 0 Å². The third kappa shape index (κ3) is 3.42. The Morgan fingerprint density at radius 1 is 1.00 bits per heavy atom. The summed E-state index contributed by atoms with van der Waals surface area (Å²) in [6, 6.07) is 17.0. The van der Waals surface area contributed by atoms with Crippen molar-refractivity contribution in [2.24, 2.45) is 5.92 Å². The van der Waals surface area contributed by atoms with Crippen molar-refractivity contribution in [3.8, 4) is 17.0 Å². The van der Waals surface area contributed by atoms with Crippen LogP contribution in [0.4, 0.5) is 4.39 Å². The lowest BCUT2D eigenvalue weighted by atomic mass is 9.84. The summed E-state index contributed by atoms with van der Waals surface area (Å²) < 4.78 is 21.6. The molecule has 1 unspecified atom stereocenters. The quantitative estimate of drug-likeness (QED) is 0.654. The van der Waals surface area contributed by atoms with E-state index in [1.165, 1.54) is 38.1 Å². The van der Waals surface area contributed by atoms with Crippen molar-refractivity contribution in [2.75, 3.05) is 19.6 Å². The molecular weight excluding hydrogens is 353 g/mol. The Kier molecular flexibility index (Phi) is 4.61. The normalized spacial score (nSPS) is 23.7. The van der Waals surface area contributed by atoms with Gasteiger partial charge in [0.1, 0.15) is 12.4 Å². The van der Waals surface area contributed by atoms with Gasteiger partial charge in [0.05, 0.1) is 11.6 Å². The highest BCUT2D eigenvalue weighted by atomic mass is 19.1. The van der Waals surface area contributed by atoms with Gasteiger partial charge in [0, 0.05) is 12.7 Å². The number of nitrogens with zero attached hydrogens (tertiary/aromatic N) is 3. The van der Waals surface area contributed by atoms with Gasteiger partial charge in [0.2, 0.25) is 5.88 Å². The van der Waals surface area contributed by atoms with Crippen molar-refractivity contribution in [1.82, 2.24) is 14.7 Å². The van der Waals surface area contributed by atoms with Gasteiger partial charge >= 0.3 is 0 Å². The second-order valence-corrected chi connectivity index (χ2v) is 7.81. The fourth-order valence-electron chi connectivity index (χ4n) is 4.44. The second kappa shape index (κ2) is 7.40. The predicted molar refractivity (Wildman–Crippen MR) is 107 cm³/mol. The zero-order chi connectivity index (χ0) is 18.9. The summed E-state index contributed by atoms with van der Waals surface area (Å²) in [5.74, 6) is 1.06. The van der Waals surface area contributed by atoms with E-state index in [-0.39, 0.29) is 5.82 Å². The fourth-order valence-corrected chi connectivity index (χ4v) is 4.44. The Balaban J connectivity index is 1.46. The molecule has 6 rings (SSSR count). The Labute approximate surface area is 164 Å². The molecule has 144 valence electrons. The lowest BCUT2D eigenvalue weighted by Gasteiger charge is -2.44. The molecule has 0 N–H and O–H groups in total. The maximum absolute atomic E-state index is 13.4. The monoisotopic (exact) mass is 377 g/mol. The predicted octanol–water partition coefficient (Wildman–Crippen LogP) is 4.53. The average molecular weight is 377 g/mol. The minimum Gasteiger partial charge on any atom is -0.471 e. The van der Waals surface area contributed by atoms with Crippen LogP contribution >= 0.6 is 0 Å². The van der Waals surface area contributed by atoms with Crippen LogP contribution in [0.25, 0.3) is 11.1 Å². The van der Waals surface area contributed by atoms with E-state index < -0.39 is 0 Å². The highest BCUT2D eigenvalue weighted by Crippen LogP contribution is 2.38. The molecule has 0 aliphatic carbocycles. The first kappa shape index (κ1) is 17.4. The lowest BCUT2D eigenvalue weighted by molar-refractivity contribution is 0.0505. The Morgan fingerprint density at radius 3 is 2.43 bits per heavy atom. The van der Waals surface area contributed by atoms with Crippen molar-refractivity contribution in [1.29, 1.82) is 0 Å². The van der Waals surface area contributed by atoms with E-state index in [4.69, 9.17) is 9.84 Å². The number of benzene rings is 2. The van der Waals surface area contributed by atoms with E-state index in [1.54, 1.807) is 12.1 Å². The van der Waals surface area contributed by atoms with Crippen LogP contribution in [-0.2, 0) is 6.61 Å². The van der Waals surface area contributed by atoms with Crippen molar-refractivity contribution < 1.29 is 9.13 Å².